The molecule has 0 aromatic heterocycles. The van der Waals surface area contributed by atoms with Crippen molar-refractivity contribution in [3.05, 3.63) is 57.6 Å². The number of methoxy groups -OCH3 is 1. The lowest BCUT2D eigenvalue weighted by Crippen LogP contribution is -2.29. The second-order valence-electron chi connectivity index (χ2n) is 7.40. The zero-order chi connectivity index (χ0) is 19.8. The molecular weight excluding hydrogens is 393 g/mol. The van der Waals surface area contributed by atoms with Crippen LogP contribution in [0.25, 0.3) is 0 Å². The maximum Gasteiger partial charge on any atom is 0.161 e. The summed E-state index contributed by atoms with van der Waals surface area (Å²) in [6.07, 6.45) is 9.34. The molecule has 0 spiro atoms. The third-order valence-corrected chi connectivity index (χ3v) is 6.07. The highest BCUT2D eigenvalue weighted by Crippen LogP contribution is 2.31. The van der Waals surface area contributed by atoms with Crippen LogP contribution in [0.3, 0.4) is 0 Å². The number of benzene rings is 2. The predicted octanol–water partition coefficient (Wildman–Crippen LogP) is 6.78. The number of rotatable bonds is 7. The SMILES string of the molecule is COc1cc(CNC2CCCCCCC2)ccc1OCc1c(Cl)cccc1Cl. The normalized spacial score (nSPS) is 15.7. The number of hydrogen-bond donors (Lipinski definition) is 1. The molecule has 3 rings (SSSR count). The van der Waals surface area contributed by atoms with E-state index < -0.39 is 0 Å². The van der Waals surface area contributed by atoms with Crippen LogP contribution in [-0.4, -0.2) is 13.2 Å². The number of halogens is 2. The van der Waals surface area contributed by atoms with Gasteiger partial charge in [0.05, 0.1) is 7.11 Å². The first kappa shape index (κ1) is 21.3. The van der Waals surface area contributed by atoms with Crippen molar-refractivity contribution in [2.75, 3.05) is 7.11 Å². The molecule has 0 saturated heterocycles. The van der Waals surface area contributed by atoms with Crippen molar-refractivity contribution in [1.29, 1.82) is 0 Å². The number of nitrogens with one attached hydrogen (secondary N) is 1. The van der Waals surface area contributed by atoms with Crippen molar-refractivity contribution in [2.24, 2.45) is 0 Å². The molecule has 2 aromatic carbocycles. The van der Waals surface area contributed by atoms with Crippen LogP contribution in [0, 0.1) is 0 Å². The van der Waals surface area contributed by atoms with Crippen LogP contribution in [0.2, 0.25) is 10.0 Å². The lowest BCUT2D eigenvalue weighted by atomic mass is 9.96. The van der Waals surface area contributed by atoms with E-state index in [1.807, 2.05) is 30.3 Å². The van der Waals surface area contributed by atoms with Crippen LogP contribution in [0.1, 0.15) is 56.1 Å². The molecule has 1 N–H and O–H groups in total. The first-order chi connectivity index (χ1) is 13.7. The second kappa shape index (κ2) is 10.9. The molecule has 1 saturated carbocycles. The van der Waals surface area contributed by atoms with Gasteiger partial charge in [0.1, 0.15) is 6.61 Å². The number of hydrogen-bond acceptors (Lipinski definition) is 3. The second-order valence-corrected chi connectivity index (χ2v) is 8.21. The lowest BCUT2D eigenvalue weighted by molar-refractivity contribution is 0.284. The molecule has 0 atom stereocenters. The largest absolute Gasteiger partial charge is 0.493 e. The first-order valence-electron chi connectivity index (χ1n) is 10.1. The van der Waals surface area contributed by atoms with Gasteiger partial charge in [0.25, 0.3) is 0 Å². The van der Waals surface area contributed by atoms with Gasteiger partial charge in [-0.05, 0) is 42.7 Å². The van der Waals surface area contributed by atoms with Gasteiger partial charge in [-0.25, -0.2) is 0 Å². The van der Waals surface area contributed by atoms with Crippen LogP contribution in [0.5, 0.6) is 11.5 Å². The van der Waals surface area contributed by atoms with Crippen LogP contribution in [0.15, 0.2) is 36.4 Å². The highest BCUT2D eigenvalue weighted by Gasteiger charge is 2.13. The van der Waals surface area contributed by atoms with Gasteiger partial charge in [-0.3, -0.25) is 0 Å². The Bertz CT molecular complexity index is 738. The highest BCUT2D eigenvalue weighted by atomic mass is 35.5. The smallest absolute Gasteiger partial charge is 0.161 e. The first-order valence-corrected chi connectivity index (χ1v) is 10.9. The molecule has 0 heterocycles. The summed E-state index contributed by atoms with van der Waals surface area (Å²) in [5.41, 5.74) is 1.98. The molecule has 1 fully saturated rings. The van der Waals surface area contributed by atoms with Gasteiger partial charge >= 0.3 is 0 Å². The highest BCUT2D eigenvalue weighted by molar-refractivity contribution is 6.35. The molecule has 152 valence electrons. The summed E-state index contributed by atoms with van der Waals surface area (Å²) in [6, 6.07) is 12.2. The third-order valence-electron chi connectivity index (χ3n) is 5.36. The average Bonchev–Trinajstić information content (AvgIpc) is 2.67. The summed E-state index contributed by atoms with van der Waals surface area (Å²) < 4.78 is 11.5. The summed E-state index contributed by atoms with van der Waals surface area (Å²) >= 11 is 12.5. The van der Waals surface area contributed by atoms with Crippen LogP contribution < -0.4 is 14.8 Å². The monoisotopic (exact) mass is 421 g/mol. The van der Waals surface area contributed by atoms with E-state index in [1.54, 1.807) is 7.11 Å². The molecule has 5 heteroatoms. The molecule has 0 bridgehead atoms. The van der Waals surface area contributed by atoms with Crippen molar-refractivity contribution in [3.63, 3.8) is 0 Å². The maximum absolute atomic E-state index is 6.23. The van der Waals surface area contributed by atoms with Crippen LogP contribution in [-0.2, 0) is 13.2 Å². The molecular formula is C23H29Cl2NO2. The Kier molecular flexibility index (Phi) is 8.32. The molecule has 0 unspecified atom stereocenters. The molecule has 1 aliphatic rings. The molecule has 3 nitrogen and oxygen atoms in total. The fourth-order valence-electron chi connectivity index (χ4n) is 3.68. The molecule has 2 aromatic rings. The summed E-state index contributed by atoms with van der Waals surface area (Å²) in [5, 5.41) is 4.92. The van der Waals surface area contributed by atoms with E-state index in [0.717, 1.165) is 17.9 Å². The summed E-state index contributed by atoms with van der Waals surface area (Å²) in [7, 11) is 1.66. The maximum atomic E-state index is 6.23. The van der Waals surface area contributed by atoms with Gasteiger partial charge in [-0.1, -0.05) is 67.4 Å². The Labute approximate surface area is 178 Å². The standard InChI is InChI=1S/C23H29Cl2NO2/c1-27-23-14-17(15-26-18-8-5-3-2-4-6-9-18)12-13-22(23)28-16-19-20(24)10-7-11-21(19)25/h7,10-14,18,26H,2-6,8-9,15-16H2,1H3. The van der Waals surface area contributed by atoms with Gasteiger partial charge in [0.15, 0.2) is 11.5 Å². The molecule has 0 amide bonds. The molecule has 1 aliphatic carbocycles. The molecule has 28 heavy (non-hydrogen) atoms. The lowest BCUT2D eigenvalue weighted by Gasteiger charge is -2.21. The van der Waals surface area contributed by atoms with Gasteiger partial charge in [0.2, 0.25) is 0 Å². The van der Waals surface area contributed by atoms with Crippen molar-refractivity contribution in [2.45, 2.75) is 64.1 Å². The molecule has 0 aliphatic heterocycles. The summed E-state index contributed by atoms with van der Waals surface area (Å²) in [6.45, 7) is 1.15. The Hall–Kier alpha value is -1.42. The minimum atomic E-state index is 0.300. The zero-order valence-electron chi connectivity index (χ0n) is 16.5. The van der Waals surface area contributed by atoms with Crippen molar-refractivity contribution < 1.29 is 9.47 Å². The minimum Gasteiger partial charge on any atom is -0.493 e. The zero-order valence-corrected chi connectivity index (χ0v) is 18.0. The quantitative estimate of drug-likeness (QED) is 0.533. The van der Waals surface area contributed by atoms with E-state index in [1.165, 1.54) is 50.5 Å². The van der Waals surface area contributed by atoms with E-state index in [0.29, 0.717) is 28.4 Å². The van der Waals surface area contributed by atoms with Gasteiger partial charge in [-0.15, -0.1) is 0 Å². The Morgan fingerprint density at radius 2 is 1.61 bits per heavy atom. The van der Waals surface area contributed by atoms with Gasteiger partial charge in [-0.2, -0.15) is 0 Å². The van der Waals surface area contributed by atoms with E-state index >= 15 is 0 Å². The van der Waals surface area contributed by atoms with Crippen molar-refractivity contribution >= 4 is 23.2 Å². The minimum absolute atomic E-state index is 0.300. The Balaban J connectivity index is 1.60. The van der Waals surface area contributed by atoms with Crippen LogP contribution >= 0.6 is 23.2 Å². The summed E-state index contributed by atoms with van der Waals surface area (Å²) in [4.78, 5) is 0. The Morgan fingerprint density at radius 3 is 2.29 bits per heavy atom. The predicted molar refractivity (Wildman–Crippen MR) is 117 cm³/mol. The van der Waals surface area contributed by atoms with Gasteiger partial charge in [0, 0.05) is 28.2 Å². The van der Waals surface area contributed by atoms with Gasteiger partial charge < -0.3 is 14.8 Å². The fourth-order valence-corrected chi connectivity index (χ4v) is 4.19. The third kappa shape index (κ3) is 6.04. The van der Waals surface area contributed by atoms with E-state index in [9.17, 15) is 0 Å². The fraction of sp³-hybridized carbons (Fsp3) is 0.478. The van der Waals surface area contributed by atoms with Crippen molar-refractivity contribution in [1.82, 2.24) is 5.32 Å². The summed E-state index contributed by atoms with van der Waals surface area (Å²) in [5.74, 6) is 1.41. The molecule has 0 radical (unpaired) electrons. The van der Waals surface area contributed by atoms with E-state index in [4.69, 9.17) is 32.7 Å². The number of ether oxygens (including phenoxy) is 2. The van der Waals surface area contributed by atoms with Crippen molar-refractivity contribution in [3.8, 4) is 11.5 Å². The van der Waals surface area contributed by atoms with E-state index in [-0.39, 0.29) is 0 Å². The topological polar surface area (TPSA) is 30.5 Å². The Morgan fingerprint density at radius 1 is 0.929 bits per heavy atom. The van der Waals surface area contributed by atoms with E-state index in [2.05, 4.69) is 11.4 Å². The average molecular weight is 422 g/mol. The van der Waals surface area contributed by atoms with Crippen LogP contribution in [0.4, 0.5) is 0 Å².